The van der Waals surface area contributed by atoms with Gasteiger partial charge < -0.3 is 10.5 Å². The van der Waals surface area contributed by atoms with Gasteiger partial charge in [0.2, 0.25) is 0 Å². The van der Waals surface area contributed by atoms with Crippen LogP contribution in [0.5, 0.6) is 0 Å². The molecule has 1 fully saturated rings. The van der Waals surface area contributed by atoms with E-state index in [9.17, 15) is 13.2 Å². The van der Waals surface area contributed by atoms with E-state index in [0.717, 1.165) is 6.07 Å². The van der Waals surface area contributed by atoms with Crippen molar-refractivity contribution >= 4 is 0 Å². The Morgan fingerprint density at radius 2 is 1.69 bits per heavy atom. The monoisotopic (exact) mass is 231 g/mol. The fraction of sp³-hybridized carbons (Fsp3) is 0.455. The molecule has 0 amide bonds. The van der Waals surface area contributed by atoms with Crippen LogP contribution in [0.15, 0.2) is 12.1 Å². The molecule has 1 aliphatic heterocycles. The van der Waals surface area contributed by atoms with Crippen molar-refractivity contribution in [1.82, 2.24) is 0 Å². The van der Waals surface area contributed by atoms with Gasteiger partial charge in [-0.05, 0) is 18.9 Å². The van der Waals surface area contributed by atoms with Crippen LogP contribution in [0.3, 0.4) is 0 Å². The summed E-state index contributed by atoms with van der Waals surface area (Å²) >= 11 is 0. The summed E-state index contributed by atoms with van der Waals surface area (Å²) in [5, 5.41) is 0. The number of rotatable bonds is 1. The molecule has 2 nitrogen and oxygen atoms in total. The third-order valence-electron chi connectivity index (χ3n) is 2.96. The molecule has 0 spiro atoms. The third kappa shape index (κ3) is 1.81. The molecule has 1 aliphatic rings. The Morgan fingerprint density at radius 1 is 1.06 bits per heavy atom. The van der Waals surface area contributed by atoms with Crippen molar-refractivity contribution in [3.8, 4) is 0 Å². The molecule has 0 saturated carbocycles. The Balaban J connectivity index is 2.43. The van der Waals surface area contributed by atoms with Crippen LogP contribution in [-0.4, -0.2) is 13.2 Å². The fourth-order valence-electron chi connectivity index (χ4n) is 1.92. The molecule has 0 aromatic heterocycles. The molecule has 16 heavy (non-hydrogen) atoms. The molecule has 0 radical (unpaired) electrons. The minimum atomic E-state index is -1.46. The van der Waals surface area contributed by atoms with Gasteiger partial charge in [0.1, 0.15) is 0 Å². The molecule has 5 heteroatoms. The van der Waals surface area contributed by atoms with Crippen LogP contribution in [0.4, 0.5) is 13.2 Å². The quantitative estimate of drug-likeness (QED) is 0.751. The lowest BCUT2D eigenvalue weighted by atomic mass is 9.83. The Morgan fingerprint density at radius 3 is 2.31 bits per heavy atom. The van der Waals surface area contributed by atoms with Crippen molar-refractivity contribution in [2.45, 2.75) is 18.4 Å². The van der Waals surface area contributed by atoms with Crippen molar-refractivity contribution < 1.29 is 17.9 Å². The predicted octanol–water partition coefficient (Wildman–Crippen LogP) is 2.07. The molecular formula is C11H12F3NO. The highest BCUT2D eigenvalue weighted by Crippen LogP contribution is 2.32. The fourth-order valence-corrected chi connectivity index (χ4v) is 1.92. The van der Waals surface area contributed by atoms with E-state index in [1.54, 1.807) is 0 Å². The average molecular weight is 231 g/mol. The van der Waals surface area contributed by atoms with Gasteiger partial charge in [0, 0.05) is 24.3 Å². The lowest BCUT2D eigenvalue weighted by Crippen LogP contribution is -2.43. The third-order valence-corrected chi connectivity index (χ3v) is 2.96. The number of benzene rings is 1. The second-order valence-corrected chi connectivity index (χ2v) is 3.99. The summed E-state index contributed by atoms with van der Waals surface area (Å²) in [5.41, 5.74) is 5.05. The molecule has 1 saturated heterocycles. The van der Waals surface area contributed by atoms with Gasteiger partial charge in [-0.1, -0.05) is 6.07 Å². The molecule has 1 heterocycles. The Hall–Kier alpha value is -1.07. The average Bonchev–Trinajstić information content (AvgIpc) is 2.27. The number of hydrogen-bond donors (Lipinski definition) is 1. The summed E-state index contributed by atoms with van der Waals surface area (Å²) in [7, 11) is 0. The highest BCUT2D eigenvalue weighted by atomic mass is 19.2. The van der Waals surface area contributed by atoms with E-state index in [1.807, 2.05) is 0 Å². The normalized spacial score (nSPS) is 19.8. The summed E-state index contributed by atoms with van der Waals surface area (Å²) in [6.07, 6.45) is 0.796. The Labute approximate surface area is 91.2 Å². The molecule has 2 rings (SSSR count). The van der Waals surface area contributed by atoms with Gasteiger partial charge >= 0.3 is 0 Å². The zero-order valence-electron chi connectivity index (χ0n) is 8.60. The summed E-state index contributed by atoms with van der Waals surface area (Å²) in [6, 6.07) is 2.11. The van der Waals surface area contributed by atoms with E-state index in [0.29, 0.717) is 26.1 Å². The maximum Gasteiger partial charge on any atom is 0.194 e. The molecular weight excluding hydrogens is 219 g/mol. The molecule has 0 unspecified atom stereocenters. The second kappa shape index (κ2) is 4.07. The summed E-state index contributed by atoms with van der Waals surface area (Å²) in [4.78, 5) is 0. The standard InChI is InChI=1S/C11H12F3NO/c12-8-2-1-7(9(13)10(8)14)11(15)3-5-16-6-4-11/h1-2H,3-6,15H2. The van der Waals surface area contributed by atoms with Gasteiger partial charge in [0.25, 0.3) is 0 Å². The van der Waals surface area contributed by atoms with Gasteiger partial charge in [-0.25, -0.2) is 13.2 Å². The van der Waals surface area contributed by atoms with Gasteiger partial charge in [-0.15, -0.1) is 0 Å². The Kier molecular flexibility index (Phi) is 2.90. The second-order valence-electron chi connectivity index (χ2n) is 3.99. The molecule has 88 valence electrons. The van der Waals surface area contributed by atoms with Crippen molar-refractivity contribution in [3.63, 3.8) is 0 Å². The molecule has 0 atom stereocenters. The zero-order valence-corrected chi connectivity index (χ0v) is 8.60. The largest absolute Gasteiger partial charge is 0.381 e. The van der Waals surface area contributed by atoms with Crippen LogP contribution in [0.2, 0.25) is 0 Å². The van der Waals surface area contributed by atoms with Crippen molar-refractivity contribution in [3.05, 3.63) is 35.1 Å². The van der Waals surface area contributed by atoms with E-state index in [1.165, 1.54) is 6.07 Å². The lowest BCUT2D eigenvalue weighted by Gasteiger charge is -2.34. The topological polar surface area (TPSA) is 35.2 Å². The summed E-state index contributed by atoms with van der Waals surface area (Å²) in [6.45, 7) is 0.796. The van der Waals surface area contributed by atoms with Crippen molar-refractivity contribution in [2.75, 3.05) is 13.2 Å². The van der Waals surface area contributed by atoms with Crippen LogP contribution in [0, 0.1) is 17.5 Å². The lowest BCUT2D eigenvalue weighted by molar-refractivity contribution is 0.0507. The van der Waals surface area contributed by atoms with E-state index in [2.05, 4.69) is 0 Å². The molecule has 2 N–H and O–H groups in total. The van der Waals surface area contributed by atoms with Crippen LogP contribution < -0.4 is 5.73 Å². The first-order valence-electron chi connectivity index (χ1n) is 5.05. The van der Waals surface area contributed by atoms with Crippen LogP contribution in [0.25, 0.3) is 0 Å². The van der Waals surface area contributed by atoms with Gasteiger partial charge in [0.15, 0.2) is 17.5 Å². The highest BCUT2D eigenvalue weighted by molar-refractivity contribution is 5.28. The van der Waals surface area contributed by atoms with Gasteiger partial charge in [-0.3, -0.25) is 0 Å². The highest BCUT2D eigenvalue weighted by Gasteiger charge is 2.34. The van der Waals surface area contributed by atoms with Crippen LogP contribution >= 0.6 is 0 Å². The molecule has 1 aromatic rings. The zero-order chi connectivity index (χ0) is 11.8. The number of nitrogens with two attached hydrogens (primary N) is 1. The molecule has 1 aromatic carbocycles. The first kappa shape index (κ1) is 11.4. The SMILES string of the molecule is NC1(c2ccc(F)c(F)c2F)CCOCC1. The van der Waals surface area contributed by atoms with Gasteiger partial charge in [0.05, 0.1) is 0 Å². The summed E-state index contributed by atoms with van der Waals surface area (Å²) in [5.74, 6) is -3.85. The summed E-state index contributed by atoms with van der Waals surface area (Å²) < 4.78 is 44.5. The van der Waals surface area contributed by atoms with E-state index < -0.39 is 23.0 Å². The maximum absolute atomic E-state index is 13.6. The first-order valence-corrected chi connectivity index (χ1v) is 5.05. The first-order chi connectivity index (χ1) is 7.54. The van der Waals surface area contributed by atoms with Gasteiger partial charge in [-0.2, -0.15) is 0 Å². The molecule has 0 bridgehead atoms. The minimum absolute atomic E-state index is 0.0229. The number of halogens is 3. The Bertz CT molecular complexity index is 402. The van der Waals surface area contributed by atoms with E-state index >= 15 is 0 Å². The smallest absolute Gasteiger partial charge is 0.194 e. The molecule has 0 aliphatic carbocycles. The predicted molar refractivity (Wildman–Crippen MR) is 52.2 cm³/mol. The van der Waals surface area contributed by atoms with E-state index in [4.69, 9.17) is 10.5 Å². The maximum atomic E-state index is 13.6. The van der Waals surface area contributed by atoms with Crippen molar-refractivity contribution in [1.29, 1.82) is 0 Å². The number of ether oxygens (including phenoxy) is 1. The van der Waals surface area contributed by atoms with E-state index in [-0.39, 0.29) is 5.56 Å². The minimum Gasteiger partial charge on any atom is -0.381 e. The van der Waals surface area contributed by atoms with Crippen molar-refractivity contribution in [2.24, 2.45) is 5.73 Å². The van der Waals surface area contributed by atoms with Crippen LogP contribution in [0.1, 0.15) is 18.4 Å². The number of hydrogen-bond acceptors (Lipinski definition) is 2. The van der Waals surface area contributed by atoms with Crippen LogP contribution in [-0.2, 0) is 10.3 Å².